The highest BCUT2D eigenvalue weighted by atomic mass is 16.5. The molecule has 1 fully saturated rings. The zero-order valence-corrected chi connectivity index (χ0v) is 14.8. The van der Waals surface area contributed by atoms with Crippen LogP contribution in [-0.2, 0) is 6.54 Å². The molecule has 25 heavy (non-hydrogen) atoms. The summed E-state index contributed by atoms with van der Waals surface area (Å²) in [6.07, 6.45) is 4.94. The molecular weight excluding hydrogens is 312 g/mol. The zero-order chi connectivity index (χ0) is 17.6. The van der Waals surface area contributed by atoms with Crippen LogP contribution >= 0.6 is 0 Å². The lowest BCUT2D eigenvalue weighted by molar-refractivity contribution is 0.1000. The Hall–Kier alpha value is -2.33. The van der Waals surface area contributed by atoms with Gasteiger partial charge in [-0.15, -0.1) is 0 Å². The van der Waals surface area contributed by atoms with Crippen molar-refractivity contribution in [3.05, 3.63) is 65.2 Å². The van der Waals surface area contributed by atoms with Gasteiger partial charge in [-0.3, -0.25) is 9.69 Å². The van der Waals surface area contributed by atoms with E-state index in [0.29, 0.717) is 11.6 Å². The average Bonchev–Trinajstić information content (AvgIpc) is 2.88. The van der Waals surface area contributed by atoms with Crippen LogP contribution in [0.5, 0.6) is 5.75 Å². The first-order valence-corrected chi connectivity index (χ1v) is 8.94. The SMILES string of the molecule is COc1ccc([C@H]2CCCCCN2Cc2ccc(C(N)=O)cc2)cc1. The van der Waals surface area contributed by atoms with Crippen LogP contribution in [0.3, 0.4) is 0 Å². The molecule has 4 heteroatoms. The summed E-state index contributed by atoms with van der Waals surface area (Å²) in [6, 6.07) is 16.5. The monoisotopic (exact) mass is 338 g/mol. The van der Waals surface area contributed by atoms with Gasteiger partial charge in [0.15, 0.2) is 0 Å². The highest BCUT2D eigenvalue weighted by Crippen LogP contribution is 2.32. The maximum atomic E-state index is 11.2. The Labute approximate surface area is 149 Å². The number of likely N-dealkylation sites (tertiary alicyclic amines) is 1. The van der Waals surface area contributed by atoms with Gasteiger partial charge in [0.25, 0.3) is 0 Å². The van der Waals surface area contributed by atoms with Crippen LogP contribution in [0.2, 0.25) is 0 Å². The van der Waals surface area contributed by atoms with E-state index in [9.17, 15) is 4.79 Å². The van der Waals surface area contributed by atoms with Gasteiger partial charge in [-0.25, -0.2) is 0 Å². The lowest BCUT2D eigenvalue weighted by atomic mass is 10.00. The molecule has 1 aliphatic heterocycles. The lowest BCUT2D eigenvalue weighted by Gasteiger charge is -2.30. The largest absolute Gasteiger partial charge is 0.497 e. The van der Waals surface area contributed by atoms with Crippen LogP contribution in [0.15, 0.2) is 48.5 Å². The fourth-order valence-electron chi connectivity index (χ4n) is 3.57. The highest BCUT2D eigenvalue weighted by Gasteiger charge is 2.22. The number of rotatable bonds is 5. The first-order chi connectivity index (χ1) is 12.2. The van der Waals surface area contributed by atoms with Crippen LogP contribution in [0.1, 0.15) is 53.2 Å². The van der Waals surface area contributed by atoms with Crippen molar-refractivity contribution < 1.29 is 9.53 Å². The van der Waals surface area contributed by atoms with Gasteiger partial charge in [0.05, 0.1) is 7.11 Å². The predicted octanol–water partition coefficient (Wildman–Crippen LogP) is 3.91. The minimum atomic E-state index is -0.377. The maximum Gasteiger partial charge on any atom is 0.248 e. The van der Waals surface area contributed by atoms with E-state index in [1.54, 1.807) is 7.11 Å². The molecule has 0 saturated carbocycles. The topological polar surface area (TPSA) is 55.6 Å². The number of ether oxygens (including phenoxy) is 1. The second kappa shape index (κ2) is 8.17. The van der Waals surface area contributed by atoms with Crippen molar-refractivity contribution in [1.82, 2.24) is 4.90 Å². The van der Waals surface area contributed by atoms with Crippen molar-refractivity contribution in [2.45, 2.75) is 38.3 Å². The molecule has 1 heterocycles. The van der Waals surface area contributed by atoms with Crippen LogP contribution < -0.4 is 10.5 Å². The van der Waals surface area contributed by atoms with Gasteiger partial charge >= 0.3 is 0 Å². The Bertz CT molecular complexity index is 695. The molecule has 2 N–H and O–H groups in total. The van der Waals surface area contributed by atoms with Crippen LogP contribution in [0, 0.1) is 0 Å². The van der Waals surface area contributed by atoms with Crippen molar-refractivity contribution in [2.24, 2.45) is 5.73 Å². The molecule has 0 aromatic heterocycles. The Morgan fingerprint density at radius 3 is 2.44 bits per heavy atom. The van der Waals surface area contributed by atoms with E-state index in [-0.39, 0.29) is 5.91 Å². The number of amides is 1. The molecule has 0 unspecified atom stereocenters. The minimum absolute atomic E-state index is 0.377. The second-order valence-corrected chi connectivity index (χ2v) is 6.67. The Kier molecular flexibility index (Phi) is 5.71. The molecule has 1 saturated heterocycles. The smallest absolute Gasteiger partial charge is 0.248 e. The molecule has 2 aromatic rings. The molecule has 132 valence electrons. The first kappa shape index (κ1) is 17.5. The van der Waals surface area contributed by atoms with Crippen LogP contribution in [0.25, 0.3) is 0 Å². The summed E-state index contributed by atoms with van der Waals surface area (Å²) in [6.45, 7) is 1.98. The molecule has 1 amide bonds. The van der Waals surface area contributed by atoms with E-state index < -0.39 is 0 Å². The number of primary amides is 1. The fourth-order valence-corrected chi connectivity index (χ4v) is 3.57. The third-order valence-electron chi connectivity index (χ3n) is 4.99. The third-order valence-corrected chi connectivity index (χ3v) is 4.99. The quantitative estimate of drug-likeness (QED) is 0.899. The third kappa shape index (κ3) is 4.40. The van der Waals surface area contributed by atoms with Crippen molar-refractivity contribution in [1.29, 1.82) is 0 Å². The molecule has 0 bridgehead atoms. The van der Waals surface area contributed by atoms with Gasteiger partial charge in [-0.2, -0.15) is 0 Å². The molecule has 3 rings (SSSR count). The Morgan fingerprint density at radius 2 is 1.80 bits per heavy atom. The number of hydrogen-bond acceptors (Lipinski definition) is 3. The number of carbonyl (C=O) groups excluding carboxylic acids is 1. The number of methoxy groups -OCH3 is 1. The number of benzene rings is 2. The molecule has 1 aliphatic rings. The molecule has 2 aromatic carbocycles. The molecule has 0 radical (unpaired) electrons. The Morgan fingerprint density at radius 1 is 1.08 bits per heavy atom. The fraction of sp³-hybridized carbons (Fsp3) is 0.381. The van der Waals surface area contributed by atoms with E-state index in [0.717, 1.165) is 18.8 Å². The predicted molar refractivity (Wildman–Crippen MR) is 99.6 cm³/mol. The van der Waals surface area contributed by atoms with Gasteiger partial charge in [0, 0.05) is 18.2 Å². The van der Waals surface area contributed by atoms with E-state index in [4.69, 9.17) is 10.5 Å². The molecule has 4 nitrogen and oxygen atoms in total. The standard InChI is InChI=1S/C21H26N2O2/c1-25-19-12-10-17(11-13-19)20-5-3-2-4-14-23(20)15-16-6-8-18(9-7-16)21(22)24/h6-13,20H,2-5,14-15H2,1H3,(H2,22,24)/t20-/m1/s1. The summed E-state index contributed by atoms with van der Waals surface area (Å²) in [5, 5.41) is 0. The summed E-state index contributed by atoms with van der Waals surface area (Å²) in [5.74, 6) is 0.517. The average molecular weight is 338 g/mol. The van der Waals surface area contributed by atoms with Gasteiger partial charge in [0.2, 0.25) is 5.91 Å². The molecule has 0 spiro atoms. The highest BCUT2D eigenvalue weighted by molar-refractivity contribution is 5.92. The second-order valence-electron chi connectivity index (χ2n) is 6.67. The van der Waals surface area contributed by atoms with Crippen molar-refractivity contribution in [3.63, 3.8) is 0 Å². The van der Waals surface area contributed by atoms with Crippen LogP contribution in [0.4, 0.5) is 0 Å². The Balaban J connectivity index is 1.78. The minimum Gasteiger partial charge on any atom is -0.497 e. The van der Waals surface area contributed by atoms with E-state index >= 15 is 0 Å². The van der Waals surface area contributed by atoms with Crippen molar-refractivity contribution >= 4 is 5.91 Å². The van der Waals surface area contributed by atoms with Gasteiger partial charge < -0.3 is 10.5 Å². The molecule has 1 atom stereocenters. The van der Waals surface area contributed by atoms with Crippen molar-refractivity contribution in [3.8, 4) is 5.75 Å². The molecular formula is C21H26N2O2. The summed E-state index contributed by atoms with van der Waals surface area (Å²) in [5.41, 5.74) is 8.45. The lowest BCUT2D eigenvalue weighted by Crippen LogP contribution is -2.28. The number of hydrogen-bond donors (Lipinski definition) is 1. The van der Waals surface area contributed by atoms with Gasteiger partial charge in [-0.05, 0) is 54.8 Å². The van der Waals surface area contributed by atoms with Crippen LogP contribution in [-0.4, -0.2) is 24.5 Å². The van der Waals surface area contributed by atoms with Gasteiger partial charge in [-0.1, -0.05) is 37.1 Å². The summed E-state index contributed by atoms with van der Waals surface area (Å²) in [4.78, 5) is 13.8. The van der Waals surface area contributed by atoms with E-state index in [2.05, 4.69) is 17.0 Å². The zero-order valence-electron chi connectivity index (χ0n) is 14.8. The summed E-state index contributed by atoms with van der Waals surface area (Å²) in [7, 11) is 1.70. The first-order valence-electron chi connectivity index (χ1n) is 8.94. The van der Waals surface area contributed by atoms with E-state index in [1.165, 1.54) is 36.8 Å². The number of carbonyl (C=O) groups is 1. The summed E-state index contributed by atoms with van der Waals surface area (Å²) < 4.78 is 5.28. The normalized spacial score (nSPS) is 18.5. The van der Waals surface area contributed by atoms with E-state index in [1.807, 2.05) is 36.4 Å². The summed E-state index contributed by atoms with van der Waals surface area (Å²) >= 11 is 0. The van der Waals surface area contributed by atoms with Crippen molar-refractivity contribution in [2.75, 3.05) is 13.7 Å². The van der Waals surface area contributed by atoms with Gasteiger partial charge in [0.1, 0.15) is 5.75 Å². The maximum absolute atomic E-state index is 11.2. The molecule has 0 aliphatic carbocycles. The number of nitrogens with two attached hydrogens (primary N) is 1. The number of nitrogens with zero attached hydrogens (tertiary/aromatic N) is 1.